The lowest BCUT2D eigenvalue weighted by Crippen LogP contribution is -2.33. The van der Waals surface area contributed by atoms with Gasteiger partial charge in [0.2, 0.25) is 0 Å². The van der Waals surface area contributed by atoms with E-state index in [-0.39, 0.29) is 18.3 Å². The highest BCUT2D eigenvalue weighted by Crippen LogP contribution is 2.26. The third-order valence-corrected chi connectivity index (χ3v) is 4.18. The fraction of sp³-hybridized carbons (Fsp3) is 0.353. The summed E-state index contributed by atoms with van der Waals surface area (Å²) in [4.78, 5) is 30.8. The molecule has 122 valence electrons. The van der Waals surface area contributed by atoms with E-state index in [1.165, 1.54) is 11.3 Å². The SMILES string of the molecule is CCOC(=O)CCN(CC)C(=O)c1scnc1-c1ccccc1. The van der Waals surface area contributed by atoms with Gasteiger partial charge in [-0.3, -0.25) is 9.59 Å². The molecule has 23 heavy (non-hydrogen) atoms. The van der Waals surface area contributed by atoms with Crippen LogP contribution >= 0.6 is 11.3 Å². The number of ether oxygens (including phenoxy) is 1. The van der Waals surface area contributed by atoms with Crippen molar-refractivity contribution in [3.8, 4) is 11.3 Å². The summed E-state index contributed by atoms with van der Waals surface area (Å²) in [6.07, 6.45) is 0.201. The van der Waals surface area contributed by atoms with Gasteiger partial charge in [-0.25, -0.2) is 4.98 Å². The maximum Gasteiger partial charge on any atom is 0.307 e. The normalized spacial score (nSPS) is 10.3. The van der Waals surface area contributed by atoms with Crippen molar-refractivity contribution in [3.05, 3.63) is 40.7 Å². The van der Waals surface area contributed by atoms with E-state index in [0.717, 1.165) is 5.56 Å². The van der Waals surface area contributed by atoms with Gasteiger partial charge in [0.15, 0.2) is 0 Å². The average molecular weight is 332 g/mol. The van der Waals surface area contributed by atoms with Gasteiger partial charge >= 0.3 is 5.97 Å². The Bertz CT molecular complexity index is 655. The summed E-state index contributed by atoms with van der Waals surface area (Å²) in [5.74, 6) is -0.385. The second-order valence-electron chi connectivity index (χ2n) is 4.84. The number of thiazole rings is 1. The molecular formula is C17H20N2O3S. The lowest BCUT2D eigenvalue weighted by Gasteiger charge is -2.20. The van der Waals surface area contributed by atoms with Crippen molar-refractivity contribution in [1.82, 2.24) is 9.88 Å². The van der Waals surface area contributed by atoms with E-state index >= 15 is 0 Å². The third-order valence-electron chi connectivity index (χ3n) is 3.37. The molecule has 0 aliphatic heterocycles. The smallest absolute Gasteiger partial charge is 0.307 e. The predicted molar refractivity (Wildman–Crippen MR) is 90.4 cm³/mol. The quantitative estimate of drug-likeness (QED) is 0.731. The predicted octanol–water partition coefficient (Wildman–Crippen LogP) is 3.23. The Morgan fingerprint density at radius 3 is 2.61 bits per heavy atom. The highest BCUT2D eigenvalue weighted by Gasteiger charge is 2.21. The Kier molecular flexibility index (Phi) is 6.29. The van der Waals surface area contributed by atoms with Crippen molar-refractivity contribution < 1.29 is 14.3 Å². The summed E-state index contributed by atoms with van der Waals surface area (Å²) < 4.78 is 4.91. The number of esters is 1. The van der Waals surface area contributed by atoms with Crippen LogP contribution in [-0.4, -0.2) is 41.5 Å². The highest BCUT2D eigenvalue weighted by molar-refractivity contribution is 7.12. The molecule has 1 heterocycles. The van der Waals surface area contributed by atoms with Gasteiger partial charge in [-0.1, -0.05) is 30.3 Å². The van der Waals surface area contributed by atoms with Gasteiger partial charge < -0.3 is 9.64 Å². The van der Waals surface area contributed by atoms with Crippen molar-refractivity contribution in [2.45, 2.75) is 20.3 Å². The number of hydrogen-bond donors (Lipinski definition) is 0. The Labute approximate surface area is 139 Å². The molecule has 0 radical (unpaired) electrons. The van der Waals surface area contributed by atoms with Gasteiger partial charge in [-0.05, 0) is 13.8 Å². The van der Waals surface area contributed by atoms with Crippen LogP contribution in [0.25, 0.3) is 11.3 Å². The minimum atomic E-state index is -0.286. The van der Waals surface area contributed by atoms with E-state index in [0.29, 0.717) is 30.3 Å². The van der Waals surface area contributed by atoms with E-state index in [2.05, 4.69) is 4.98 Å². The lowest BCUT2D eigenvalue weighted by molar-refractivity contribution is -0.143. The van der Waals surface area contributed by atoms with Crippen LogP contribution in [0, 0.1) is 0 Å². The Hall–Kier alpha value is -2.21. The molecule has 1 aromatic heterocycles. The topological polar surface area (TPSA) is 59.5 Å². The summed E-state index contributed by atoms with van der Waals surface area (Å²) in [6.45, 7) is 4.90. The Morgan fingerprint density at radius 2 is 1.96 bits per heavy atom. The van der Waals surface area contributed by atoms with Gasteiger partial charge in [-0.2, -0.15) is 0 Å². The van der Waals surface area contributed by atoms with E-state index in [4.69, 9.17) is 4.74 Å². The second kappa shape index (κ2) is 8.43. The summed E-state index contributed by atoms with van der Waals surface area (Å²) in [5, 5.41) is 0. The number of carbonyl (C=O) groups excluding carboxylic acids is 2. The summed E-state index contributed by atoms with van der Waals surface area (Å²) in [5.41, 5.74) is 3.28. The standard InChI is InChI=1S/C17H20N2O3S/c1-3-19(11-10-14(20)22-4-2)17(21)16-15(18-12-23-16)13-8-6-5-7-9-13/h5-9,12H,3-4,10-11H2,1-2H3. The second-order valence-corrected chi connectivity index (χ2v) is 5.69. The first-order chi connectivity index (χ1) is 11.2. The van der Waals surface area contributed by atoms with E-state index in [9.17, 15) is 9.59 Å². The minimum absolute atomic E-state index is 0.0989. The average Bonchev–Trinajstić information content (AvgIpc) is 3.06. The molecule has 0 fully saturated rings. The molecule has 5 nitrogen and oxygen atoms in total. The van der Waals surface area contributed by atoms with Crippen molar-refractivity contribution in [2.75, 3.05) is 19.7 Å². The minimum Gasteiger partial charge on any atom is -0.466 e. The van der Waals surface area contributed by atoms with Crippen LogP contribution in [0.3, 0.4) is 0 Å². The van der Waals surface area contributed by atoms with Gasteiger partial charge in [0, 0.05) is 18.7 Å². The van der Waals surface area contributed by atoms with Crippen LogP contribution in [0.1, 0.15) is 29.9 Å². The van der Waals surface area contributed by atoms with E-state index in [1.54, 1.807) is 17.3 Å². The number of hydrogen-bond acceptors (Lipinski definition) is 5. The summed E-state index contributed by atoms with van der Waals surface area (Å²) in [6, 6.07) is 9.62. The van der Waals surface area contributed by atoms with Crippen molar-refractivity contribution in [2.24, 2.45) is 0 Å². The van der Waals surface area contributed by atoms with Crippen LogP contribution in [0.15, 0.2) is 35.8 Å². The van der Waals surface area contributed by atoms with Gasteiger partial charge in [0.25, 0.3) is 5.91 Å². The molecule has 0 bridgehead atoms. The van der Waals surface area contributed by atoms with Crippen LogP contribution in [0.5, 0.6) is 0 Å². The summed E-state index contributed by atoms with van der Waals surface area (Å²) in [7, 11) is 0. The van der Waals surface area contributed by atoms with Crippen molar-refractivity contribution in [1.29, 1.82) is 0 Å². The molecule has 0 atom stereocenters. The fourth-order valence-corrected chi connectivity index (χ4v) is 2.98. The van der Waals surface area contributed by atoms with Crippen LogP contribution < -0.4 is 0 Å². The molecular weight excluding hydrogens is 312 g/mol. The first kappa shape index (κ1) is 17.1. The van der Waals surface area contributed by atoms with Crippen LogP contribution in [-0.2, 0) is 9.53 Å². The van der Waals surface area contributed by atoms with Crippen LogP contribution in [0.4, 0.5) is 0 Å². The zero-order valence-corrected chi connectivity index (χ0v) is 14.1. The maximum absolute atomic E-state index is 12.7. The fourth-order valence-electron chi connectivity index (χ4n) is 2.21. The first-order valence-electron chi connectivity index (χ1n) is 7.61. The largest absolute Gasteiger partial charge is 0.466 e. The Balaban J connectivity index is 2.13. The number of rotatable bonds is 7. The van der Waals surface area contributed by atoms with Crippen LogP contribution in [0.2, 0.25) is 0 Å². The maximum atomic E-state index is 12.7. The molecule has 2 rings (SSSR count). The zero-order valence-electron chi connectivity index (χ0n) is 13.3. The molecule has 0 aliphatic rings. The summed E-state index contributed by atoms with van der Waals surface area (Å²) >= 11 is 1.32. The van der Waals surface area contributed by atoms with Crippen molar-refractivity contribution >= 4 is 23.2 Å². The lowest BCUT2D eigenvalue weighted by atomic mass is 10.1. The molecule has 1 aromatic carbocycles. The molecule has 0 spiro atoms. The number of aromatic nitrogens is 1. The monoisotopic (exact) mass is 332 g/mol. The molecule has 6 heteroatoms. The molecule has 0 unspecified atom stereocenters. The van der Waals surface area contributed by atoms with E-state index in [1.807, 2.05) is 37.3 Å². The molecule has 0 aliphatic carbocycles. The molecule has 0 saturated carbocycles. The van der Waals surface area contributed by atoms with Gasteiger partial charge in [-0.15, -0.1) is 11.3 Å². The number of benzene rings is 1. The zero-order chi connectivity index (χ0) is 16.7. The third kappa shape index (κ3) is 4.39. The van der Waals surface area contributed by atoms with Gasteiger partial charge in [0.05, 0.1) is 24.2 Å². The van der Waals surface area contributed by atoms with Crippen molar-refractivity contribution in [3.63, 3.8) is 0 Å². The molecule has 0 N–H and O–H groups in total. The Morgan fingerprint density at radius 1 is 1.22 bits per heavy atom. The van der Waals surface area contributed by atoms with E-state index < -0.39 is 0 Å². The number of carbonyl (C=O) groups is 2. The molecule has 2 aromatic rings. The number of nitrogens with zero attached hydrogens (tertiary/aromatic N) is 2. The first-order valence-corrected chi connectivity index (χ1v) is 8.49. The molecule has 1 amide bonds. The molecule has 0 saturated heterocycles. The number of amides is 1. The highest BCUT2D eigenvalue weighted by atomic mass is 32.1. The van der Waals surface area contributed by atoms with Gasteiger partial charge in [0.1, 0.15) is 4.88 Å².